The van der Waals surface area contributed by atoms with E-state index in [2.05, 4.69) is 55.5 Å². The SMILES string of the molecule is Cc1ccc(C2=NC(c3ccc([N+](=O)[O-])cc3)C(c3ccccc3)[Se]2)cc1. The van der Waals surface area contributed by atoms with Crippen molar-refractivity contribution in [3.05, 3.63) is 111 Å². The zero-order valence-corrected chi connectivity index (χ0v) is 16.5. The molecule has 0 aliphatic carbocycles. The molecule has 27 heavy (non-hydrogen) atoms. The van der Waals surface area contributed by atoms with Crippen LogP contribution >= 0.6 is 0 Å². The molecule has 0 saturated heterocycles. The summed E-state index contributed by atoms with van der Waals surface area (Å²) in [5.74, 6) is 0. The van der Waals surface area contributed by atoms with E-state index in [4.69, 9.17) is 4.99 Å². The van der Waals surface area contributed by atoms with Gasteiger partial charge in [0.25, 0.3) is 0 Å². The Morgan fingerprint density at radius 1 is 0.889 bits per heavy atom. The Morgan fingerprint density at radius 2 is 1.56 bits per heavy atom. The molecule has 0 saturated carbocycles. The van der Waals surface area contributed by atoms with Crippen molar-refractivity contribution in [2.75, 3.05) is 0 Å². The van der Waals surface area contributed by atoms with Gasteiger partial charge in [-0.05, 0) is 0 Å². The van der Waals surface area contributed by atoms with Crippen LogP contribution in [0.1, 0.15) is 33.1 Å². The van der Waals surface area contributed by atoms with Gasteiger partial charge in [0.15, 0.2) is 0 Å². The minimum absolute atomic E-state index is 0.00972. The fourth-order valence-corrected chi connectivity index (χ4v) is 5.97. The number of benzene rings is 3. The van der Waals surface area contributed by atoms with E-state index >= 15 is 0 Å². The predicted molar refractivity (Wildman–Crippen MR) is 108 cm³/mol. The molecule has 0 aromatic heterocycles. The molecule has 4 rings (SSSR count). The fourth-order valence-electron chi connectivity index (χ4n) is 3.18. The summed E-state index contributed by atoms with van der Waals surface area (Å²) in [6.45, 7) is 2.08. The minimum atomic E-state index is -0.363. The third-order valence-electron chi connectivity index (χ3n) is 4.65. The molecule has 0 N–H and O–H groups in total. The van der Waals surface area contributed by atoms with Gasteiger partial charge in [0, 0.05) is 0 Å². The van der Waals surface area contributed by atoms with E-state index in [1.807, 2.05) is 18.2 Å². The Balaban J connectivity index is 1.73. The molecule has 2 atom stereocenters. The molecule has 0 fully saturated rings. The number of aliphatic imine (C=N–C) groups is 1. The Kier molecular flexibility index (Phi) is 4.88. The fraction of sp³-hybridized carbons (Fsp3) is 0.136. The first-order chi connectivity index (χ1) is 13.1. The monoisotopic (exact) mass is 422 g/mol. The summed E-state index contributed by atoms with van der Waals surface area (Å²) in [6, 6.07) is 25.8. The van der Waals surface area contributed by atoms with Crippen LogP contribution in [0.5, 0.6) is 0 Å². The molecule has 0 amide bonds. The van der Waals surface area contributed by atoms with Crippen molar-refractivity contribution >= 4 is 25.3 Å². The van der Waals surface area contributed by atoms with Crippen LogP contribution in [-0.4, -0.2) is 24.5 Å². The molecule has 3 aromatic carbocycles. The van der Waals surface area contributed by atoms with Crippen molar-refractivity contribution in [1.29, 1.82) is 0 Å². The topological polar surface area (TPSA) is 55.5 Å². The maximum atomic E-state index is 11.0. The molecule has 2 unspecified atom stereocenters. The second-order valence-corrected chi connectivity index (χ2v) is 8.91. The number of nitro groups is 1. The number of non-ortho nitro benzene ring substituents is 1. The van der Waals surface area contributed by atoms with E-state index in [1.54, 1.807) is 12.1 Å². The van der Waals surface area contributed by atoms with Gasteiger partial charge in [-0.25, -0.2) is 0 Å². The van der Waals surface area contributed by atoms with Crippen molar-refractivity contribution < 1.29 is 4.92 Å². The van der Waals surface area contributed by atoms with Crippen LogP contribution in [-0.2, 0) is 0 Å². The Bertz CT molecular complexity index is 983. The molecule has 0 radical (unpaired) electrons. The number of hydrogen-bond donors (Lipinski definition) is 0. The quantitative estimate of drug-likeness (QED) is 0.344. The molecular weight excluding hydrogens is 403 g/mol. The molecule has 1 heterocycles. The maximum absolute atomic E-state index is 11.0. The zero-order chi connectivity index (χ0) is 18.8. The first-order valence-corrected chi connectivity index (χ1v) is 10.6. The summed E-state index contributed by atoms with van der Waals surface area (Å²) in [4.78, 5) is 16.0. The van der Waals surface area contributed by atoms with E-state index in [0.29, 0.717) is 0 Å². The molecular formula is C22H18N2O2Se. The van der Waals surface area contributed by atoms with Crippen molar-refractivity contribution in [3.63, 3.8) is 0 Å². The number of aryl methyl sites for hydroxylation is 1. The normalized spacial score (nSPS) is 18.9. The zero-order valence-electron chi connectivity index (χ0n) is 14.8. The number of hydrogen-bond acceptors (Lipinski definition) is 3. The van der Waals surface area contributed by atoms with Crippen LogP contribution in [0.3, 0.4) is 0 Å². The number of rotatable bonds is 4. The van der Waals surface area contributed by atoms with Crippen molar-refractivity contribution in [3.8, 4) is 0 Å². The second-order valence-electron chi connectivity index (χ2n) is 6.54. The summed E-state index contributed by atoms with van der Waals surface area (Å²) in [7, 11) is 0. The van der Waals surface area contributed by atoms with Gasteiger partial charge < -0.3 is 0 Å². The van der Waals surface area contributed by atoms with Gasteiger partial charge in [-0.3, -0.25) is 0 Å². The Morgan fingerprint density at radius 3 is 2.19 bits per heavy atom. The number of nitrogens with zero attached hydrogens (tertiary/aromatic N) is 2. The van der Waals surface area contributed by atoms with Crippen LogP contribution in [0.2, 0.25) is 0 Å². The van der Waals surface area contributed by atoms with Crippen LogP contribution in [0.15, 0.2) is 83.9 Å². The average molecular weight is 421 g/mol. The number of nitro benzene ring substituents is 1. The van der Waals surface area contributed by atoms with E-state index in [-0.39, 0.29) is 36.4 Å². The second kappa shape index (κ2) is 7.47. The molecule has 1 aliphatic rings. The van der Waals surface area contributed by atoms with Gasteiger partial charge in [0.1, 0.15) is 0 Å². The van der Waals surface area contributed by atoms with E-state index < -0.39 is 0 Å². The first kappa shape index (κ1) is 17.7. The van der Waals surface area contributed by atoms with Gasteiger partial charge in [-0.1, -0.05) is 0 Å². The molecule has 0 bridgehead atoms. The Hall–Kier alpha value is -2.75. The summed E-state index contributed by atoms with van der Waals surface area (Å²) in [5.41, 5.74) is 4.81. The average Bonchev–Trinajstić information content (AvgIpc) is 3.15. The predicted octanol–water partition coefficient (Wildman–Crippen LogP) is 4.85. The first-order valence-electron chi connectivity index (χ1n) is 8.72. The van der Waals surface area contributed by atoms with Crippen molar-refractivity contribution in [1.82, 2.24) is 0 Å². The summed E-state index contributed by atoms with van der Waals surface area (Å²) >= 11 is 0.184. The van der Waals surface area contributed by atoms with Gasteiger partial charge in [0.05, 0.1) is 0 Å². The third kappa shape index (κ3) is 3.70. The Labute approximate surface area is 164 Å². The van der Waals surface area contributed by atoms with E-state index in [0.717, 1.165) is 10.2 Å². The van der Waals surface area contributed by atoms with Crippen LogP contribution < -0.4 is 0 Å². The van der Waals surface area contributed by atoms with Gasteiger partial charge >= 0.3 is 164 Å². The molecule has 4 nitrogen and oxygen atoms in total. The van der Waals surface area contributed by atoms with Gasteiger partial charge in [0.2, 0.25) is 0 Å². The molecule has 3 aromatic rings. The third-order valence-corrected chi connectivity index (χ3v) is 7.48. The summed E-state index contributed by atoms with van der Waals surface area (Å²) < 4.78 is 1.15. The van der Waals surface area contributed by atoms with E-state index in [1.165, 1.54) is 16.7 Å². The van der Waals surface area contributed by atoms with Crippen LogP contribution in [0.25, 0.3) is 0 Å². The van der Waals surface area contributed by atoms with Crippen molar-refractivity contribution in [2.24, 2.45) is 4.99 Å². The van der Waals surface area contributed by atoms with Crippen LogP contribution in [0, 0.1) is 17.0 Å². The standard InChI is InChI=1S/C22H18N2O2Se/c1-15-7-9-18(10-8-15)22-23-20(16-11-13-19(14-12-16)24(25)26)21(27-22)17-5-3-2-4-6-17/h2-14,20-21H,1H3. The molecule has 5 heteroatoms. The van der Waals surface area contributed by atoms with E-state index in [9.17, 15) is 10.1 Å². The molecule has 0 spiro atoms. The summed E-state index contributed by atoms with van der Waals surface area (Å²) in [6.07, 6.45) is 0. The molecule has 1 aliphatic heterocycles. The molecule has 134 valence electrons. The van der Waals surface area contributed by atoms with Gasteiger partial charge in [-0.2, -0.15) is 0 Å². The van der Waals surface area contributed by atoms with Gasteiger partial charge in [-0.15, -0.1) is 0 Å². The summed E-state index contributed by atoms with van der Waals surface area (Å²) in [5, 5.41) is 11.0. The van der Waals surface area contributed by atoms with Crippen LogP contribution in [0.4, 0.5) is 5.69 Å². The van der Waals surface area contributed by atoms with Crippen molar-refractivity contribution in [2.45, 2.75) is 17.8 Å².